The predicted octanol–water partition coefficient (Wildman–Crippen LogP) is 3.87. The number of hydrogen-bond donors (Lipinski definition) is 0. The van der Waals surface area contributed by atoms with Gasteiger partial charge < -0.3 is 18.8 Å². The Kier molecular flexibility index (Phi) is 6.30. The summed E-state index contributed by atoms with van der Waals surface area (Å²) in [5.41, 5.74) is 1.39. The molecule has 1 aromatic heterocycles. The summed E-state index contributed by atoms with van der Waals surface area (Å²) in [5, 5.41) is 0. The van der Waals surface area contributed by atoms with Gasteiger partial charge >= 0.3 is 0 Å². The van der Waals surface area contributed by atoms with Crippen LogP contribution in [0.25, 0.3) is 10.2 Å². The molecule has 0 spiro atoms. The van der Waals surface area contributed by atoms with Gasteiger partial charge in [-0.25, -0.2) is 0 Å². The Bertz CT molecular complexity index is 1040. The number of rotatable bonds is 6. The fourth-order valence-corrected chi connectivity index (χ4v) is 4.26. The van der Waals surface area contributed by atoms with Crippen LogP contribution in [0.2, 0.25) is 0 Å². The van der Waals surface area contributed by atoms with Gasteiger partial charge in [0.1, 0.15) is 11.5 Å². The van der Waals surface area contributed by atoms with Gasteiger partial charge in [-0.3, -0.25) is 4.79 Å². The average Bonchev–Trinajstić information content (AvgIpc) is 3.01. The van der Waals surface area contributed by atoms with Crippen LogP contribution in [0.15, 0.2) is 45.9 Å². The number of ether oxygens (including phenoxy) is 3. The number of thiazole rings is 1. The van der Waals surface area contributed by atoms with Crippen LogP contribution in [0.1, 0.15) is 10.4 Å². The Hall–Kier alpha value is -2.16. The zero-order chi connectivity index (χ0) is 19.4. The fraction of sp³-hybridized carbons (Fsp3) is 0.263. The van der Waals surface area contributed by atoms with E-state index in [2.05, 4.69) is 20.9 Å². The molecule has 0 aliphatic carbocycles. The molecule has 0 aliphatic rings. The Morgan fingerprint density at radius 2 is 1.96 bits per heavy atom. The van der Waals surface area contributed by atoms with E-state index in [4.69, 9.17) is 14.2 Å². The minimum atomic E-state index is -0.369. The van der Waals surface area contributed by atoms with Crippen molar-refractivity contribution in [1.82, 2.24) is 4.57 Å². The molecule has 0 bridgehead atoms. The van der Waals surface area contributed by atoms with Crippen molar-refractivity contribution < 1.29 is 19.0 Å². The van der Waals surface area contributed by atoms with Crippen molar-refractivity contribution in [3.05, 3.63) is 51.2 Å². The van der Waals surface area contributed by atoms with Crippen LogP contribution >= 0.6 is 27.3 Å². The third-order valence-electron chi connectivity index (χ3n) is 4.00. The first-order valence-corrected chi connectivity index (χ1v) is 9.77. The van der Waals surface area contributed by atoms with Gasteiger partial charge in [-0.05, 0) is 30.3 Å². The molecule has 1 amide bonds. The maximum atomic E-state index is 12.8. The van der Waals surface area contributed by atoms with E-state index in [0.29, 0.717) is 35.0 Å². The van der Waals surface area contributed by atoms with E-state index in [1.54, 1.807) is 32.4 Å². The van der Waals surface area contributed by atoms with E-state index in [9.17, 15) is 4.79 Å². The lowest BCUT2D eigenvalue weighted by atomic mass is 10.2. The number of methoxy groups -OCH3 is 3. The molecular formula is C19H19BrN2O4S. The van der Waals surface area contributed by atoms with E-state index in [0.717, 1.165) is 14.7 Å². The van der Waals surface area contributed by atoms with E-state index in [1.165, 1.54) is 18.4 Å². The number of nitrogens with zero attached hydrogens (tertiary/aromatic N) is 2. The molecule has 6 nitrogen and oxygen atoms in total. The molecule has 0 fully saturated rings. The Labute approximate surface area is 169 Å². The molecule has 142 valence electrons. The third kappa shape index (κ3) is 4.23. The highest BCUT2D eigenvalue weighted by Crippen LogP contribution is 2.26. The Morgan fingerprint density at radius 1 is 1.15 bits per heavy atom. The summed E-state index contributed by atoms with van der Waals surface area (Å²) < 4.78 is 19.7. The highest BCUT2D eigenvalue weighted by molar-refractivity contribution is 9.10. The van der Waals surface area contributed by atoms with Crippen molar-refractivity contribution in [2.45, 2.75) is 6.54 Å². The topological polar surface area (TPSA) is 62.1 Å². The Morgan fingerprint density at radius 3 is 2.67 bits per heavy atom. The summed E-state index contributed by atoms with van der Waals surface area (Å²) in [4.78, 5) is 17.8. The summed E-state index contributed by atoms with van der Waals surface area (Å²) in [7, 11) is 4.73. The van der Waals surface area contributed by atoms with Crippen LogP contribution in [0.3, 0.4) is 0 Å². The molecular weight excluding hydrogens is 432 g/mol. The number of carbonyl (C=O) groups is 1. The first-order chi connectivity index (χ1) is 13.1. The van der Waals surface area contributed by atoms with E-state index >= 15 is 0 Å². The van der Waals surface area contributed by atoms with Gasteiger partial charge in [0.25, 0.3) is 5.91 Å². The largest absolute Gasteiger partial charge is 0.497 e. The second-order valence-electron chi connectivity index (χ2n) is 5.62. The summed E-state index contributed by atoms with van der Waals surface area (Å²) in [6.45, 7) is 1.12. The summed E-state index contributed by atoms with van der Waals surface area (Å²) >= 11 is 4.94. The number of hydrogen-bond acceptors (Lipinski definition) is 5. The zero-order valence-corrected chi connectivity index (χ0v) is 17.6. The number of halogens is 1. The van der Waals surface area contributed by atoms with Crippen molar-refractivity contribution in [3.63, 3.8) is 0 Å². The van der Waals surface area contributed by atoms with Gasteiger partial charge in [0.05, 0.1) is 36.6 Å². The molecule has 8 heteroatoms. The molecule has 0 N–H and O–H groups in total. The second kappa shape index (κ2) is 8.69. The van der Waals surface area contributed by atoms with Crippen LogP contribution in [-0.4, -0.2) is 38.4 Å². The van der Waals surface area contributed by atoms with Crippen molar-refractivity contribution >= 4 is 43.4 Å². The number of carbonyl (C=O) groups excluding carboxylic acids is 1. The lowest BCUT2D eigenvalue weighted by Crippen LogP contribution is -2.19. The SMILES string of the molecule is COCCn1c(=NC(=O)c2ccc(OC)cc2OC)sc2cc(Br)ccc21. The molecule has 27 heavy (non-hydrogen) atoms. The van der Waals surface area contributed by atoms with Gasteiger partial charge in [-0.15, -0.1) is 0 Å². The van der Waals surface area contributed by atoms with E-state index < -0.39 is 0 Å². The average molecular weight is 451 g/mol. The van der Waals surface area contributed by atoms with Gasteiger partial charge in [-0.2, -0.15) is 4.99 Å². The second-order valence-corrected chi connectivity index (χ2v) is 7.55. The predicted molar refractivity (Wildman–Crippen MR) is 109 cm³/mol. The highest BCUT2D eigenvalue weighted by atomic mass is 79.9. The number of amides is 1. The third-order valence-corrected chi connectivity index (χ3v) is 5.53. The van der Waals surface area contributed by atoms with Crippen LogP contribution < -0.4 is 14.3 Å². The van der Waals surface area contributed by atoms with Gasteiger partial charge in [0, 0.05) is 24.2 Å². The minimum absolute atomic E-state index is 0.369. The van der Waals surface area contributed by atoms with Crippen LogP contribution in [0.4, 0.5) is 0 Å². The van der Waals surface area contributed by atoms with Gasteiger partial charge in [0.2, 0.25) is 0 Å². The van der Waals surface area contributed by atoms with Crippen molar-refractivity contribution in [1.29, 1.82) is 0 Å². The standard InChI is InChI=1S/C19H19BrN2O4S/c1-24-9-8-22-15-7-4-12(20)10-17(15)27-19(22)21-18(23)14-6-5-13(25-2)11-16(14)26-3/h4-7,10-11H,8-9H2,1-3H3. The maximum Gasteiger partial charge on any atom is 0.283 e. The molecule has 0 saturated heterocycles. The molecule has 3 aromatic rings. The smallest absolute Gasteiger partial charge is 0.283 e. The van der Waals surface area contributed by atoms with Crippen molar-refractivity contribution in [2.75, 3.05) is 27.9 Å². The maximum absolute atomic E-state index is 12.8. The molecule has 0 saturated carbocycles. The lowest BCUT2D eigenvalue weighted by Gasteiger charge is -2.08. The molecule has 1 heterocycles. The normalized spacial score (nSPS) is 11.8. The molecule has 3 rings (SSSR count). The van der Waals surface area contributed by atoms with Gasteiger partial charge in [0.15, 0.2) is 4.80 Å². The number of aromatic nitrogens is 1. The summed E-state index contributed by atoms with van der Waals surface area (Å²) in [6, 6.07) is 11.0. The summed E-state index contributed by atoms with van der Waals surface area (Å²) in [6.07, 6.45) is 0. The fourth-order valence-electron chi connectivity index (χ4n) is 2.65. The van der Waals surface area contributed by atoms with E-state index in [1.807, 2.05) is 22.8 Å². The monoisotopic (exact) mass is 450 g/mol. The zero-order valence-electron chi connectivity index (χ0n) is 15.2. The van der Waals surface area contributed by atoms with Crippen LogP contribution in [-0.2, 0) is 11.3 Å². The highest BCUT2D eigenvalue weighted by Gasteiger charge is 2.14. The van der Waals surface area contributed by atoms with Crippen LogP contribution in [0, 0.1) is 0 Å². The quantitative estimate of drug-likeness (QED) is 0.571. The van der Waals surface area contributed by atoms with E-state index in [-0.39, 0.29) is 5.91 Å². The number of fused-ring (bicyclic) bond motifs is 1. The minimum Gasteiger partial charge on any atom is -0.497 e. The first-order valence-electron chi connectivity index (χ1n) is 8.16. The first kappa shape index (κ1) is 19.6. The summed E-state index contributed by atoms with van der Waals surface area (Å²) in [5.74, 6) is 0.673. The van der Waals surface area contributed by atoms with Crippen molar-refractivity contribution in [3.8, 4) is 11.5 Å². The molecule has 0 radical (unpaired) electrons. The molecule has 0 aliphatic heterocycles. The molecule has 0 atom stereocenters. The van der Waals surface area contributed by atoms with Gasteiger partial charge in [-0.1, -0.05) is 27.3 Å². The lowest BCUT2D eigenvalue weighted by molar-refractivity contribution is 0.0994. The Balaban J connectivity index is 2.10. The van der Waals surface area contributed by atoms with Crippen LogP contribution in [0.5, 0.6) is 11.5 Å². The molecule has 2 aromatic carbocycles. The molecule has 0 unspecified atom stereocenters. The van der Waals surface area contributed by atoms with Crippen molar-refractivity contribution in [2.24, 2.45) is 4.99 Å². The number of benzene rings is 2.